The van der Waals surface area contributed by atoms with Gasteiger partial charge in [0.05, 0.1) is 13.1 Å². The number of hydrogen-bond acceptors (Lipinski definition) is 3. The van der Waals surface area contributed by atoms with Crippen LogP contribution in [0.4, 0.5) is 5.69 Å². The molecule has 0 radical (unpaired) electrons. The average Bonchev–Trinajstić information content (AvgIpc) is 2.49. The molecule has 0 aromatic heterocycles. The number of rotatable bonds is 5. The standard InChI is InChI=1S/C19H28BrN3O2/c1-13-7-14(2)10-23(9-13)12-19(25)22(4)11-18(24)21-17-6-5-16(20)8-15(17)3/h5-6,8,13-14H,7,9-12H2,1-4H3,(H,21,24)/t13-,14+. The molecule has 5 nitrogen and oxygen atoms in total. The average molecular weight is 410 g/mol. The number of carbonyl (C=O) groups excluding carboxylic acids is 2. The van der Waals surface area contributed by atoms with Gasteiger partial charge in [0.15, 0.2) is 0 Å². The molecule has 0 spiro atoms. The highest BCUT2D eigenvalue weighted by Crippen LogP contribution is 2.21. The van der Waals surface area contributed by atoms with Gasteiger partial charge < -0.3 is 10.2 Å². The summed E-state index contributed by atoms with van der Waals surface area (Å²) in [6.07, 6.45) is 1.22. The summed E-state index contributed by atoms with van der Waals surface area (Å²) in [5.74, 6) is 1.04. The zero-order chi connectivity index (χ0) is 18.6. The molecule has 0 unspecified atom stereocenters. The Morgan fingerprint density at radius 1 is 1.28 bits per heavy atom. The highest BCUT2D eigenvalue weighted by atomic mass is 79.9. The van der Waals surface area contributed by atoms with Crippen LogP contribution in [0.15, 0.2) is 22.7 Å². The number of nitrogens with one attached hydrogen (secondary N) is 1. The SMILES string of the molecule is Cc1cc(Br)ccc1NC(=O)CN(C)C(=O)CN1C[C@H](C)C[C@H](C)C1. The summed E-state index contributed by atoms with van der Waals surface area (Å²) < 4.78 is 0.972. The summed E-state index contributed by atoms with van der Waals surface area (Å²) in [5.41, 5.74) is 1.75. The van der Waals surface area contributed by atoms with Crippen LogP contribution < -0.4 is 5.32 Å². The van der Waals surface area contributed by atoms with Crippen molar-refractivity contribution < 1.29 is 9.59 Å². The Hall–Kier alpha value is -1.40. The number of amides is 2. The van der Waals surface area contributed by atoms with Crippen molar-refractivity contribution in [2.45, 2.75) is 27.2 Å². The van der Waals surface area contributed by atoms with Crippen molar-refractivity contribution in [2.75, 3.05) is 38.5 Å². The van der Waals surface area contributed by atoms with Crippen LogP contribution in [0.25, 0.3) is 0 Å². The monoisotopic (exact) mass is 409 g/mol. The van der Waals surface area contributed by atoms with Gasteiger partial charge >= 0.3 is 0 Å². The fourth-order valence-electron chi connectivity index (χ4n) is 3.49. The number of likely N-dealkylation sites (N-methyl/N-ethyl adjacent to an activating group) is 1. The minimum atomic E-state index is -0.179. The fraction of sp³-hybridized carbons (Fsp3) is 0.579. The molecule has 1 aliphatic heterocycles. The molecule has 1 aromatic carbocycles. The lowest BCUT2D eigenvalue weighted by atomic mass is 9.92. The van der Waals surface area contributed by atoms with Gasteiger partial charge in [0, 0.05) is 30.3 Å². The van der Waals surface area contributed by atoms with E-state index in [1.165, 1.54) is 11.3 Å². The van der Waals surface area contributed by atoms with E-state index in [1.807, 2.05) is 25.1 Å². The van der Waals surface area contributed by atoms with Crippen LogP contribution in [0.2, 0.25) is 0 Å². The first-order chi connectivity index (χ1) is 11.7. The molecule has 2 atom stereocenters. The molecular weight excluding hydrogens is 382 g/mol. The molecule has 1 N–H and O–H groups in total. The minimum absolute atomic E-state index is 0.0102. The number of anilines is 1. The lowest BCUT2D eigenvalue weighted by molar-refractivity contribution is -0.134. The number of carbonyl (C=O) groups is 2. The quantitative estimate of drug-likeness (QED) is 0.812. The van der Waals surface area contributed by atoms with Gasteiger partial charge in [-0.1, -0.05) is 29.8 Å². The molecule has 0 aliphatic carbocycles. The second-order valence-electron chi connectivity index (χ2n) is 7.40. The second kappa shape index (κ2) is 8.81. The first-order valence-corrected chi connectivity index (χ1v) is 9.56. The van der Waals surface area contributed by atoms with Crippen molar-refractivity contribution in [2.24, 2.45) is 11.8 Å². The van der Waals surface area contributed by atoms with E-state index in [2.05, 4.69) is 40.0 Å². The van der Waals surface area contributed by atoms with E-state index >= 15 is 0 Å². The fourth-order valence-corrected chi connectivity index (χ4v) is 3.97. The summed E-state index contributed by atoms with van der Waals surface area (Å²) in [6.45, 7) is 8.75. The van der Waals surface area contributed by atoms with E-state index in [0.29, 0.717) is 18.4 Å². The maximum Gasteiger partial charge on any atom is 0.243 e. The first-order valence-electron chi connectivity index (χ1n) is 8.77. The summed E-state index contributed by atoms with van der Waals surface area (Å²) in [5, 5.41) is 2.87. The van der Waals surface area contributed by atoms with Crippen LogP contribution >= 0.6 is 15.9 Å². The molecule has 2 amide bonds. The lowest BCUT2D eigenvalue weighted by Gasteiger charge is -2.35. The molecule has 1 heterocycles. The molecule has 1 aliphatic rings. The molecule has 1 aromatic rings. The van der Waals surface area contributed by atoms with Crippen molar-refractivity contribution >= 4 is 33.4 Å². The largest absolute Gasteiger partial charge is 0.335 e. The van der Waals surface area contributed by atoms with Gasteiger partial charge in [-0.25, -0.2) is 0 Å². The number of piperidine rings is 1. The molecule has 138 valence electrons. The smallest absolute Gasteiger partial charge is 0.243 e. The third-order valence-electron chi connectivity index (χ3n) is 4.57. The molecule has 1 saturated heterocycles. The summed E-state index contributed by atoms with van der Waals surface area (Å²) >= 11 is 3.41. The maximum absolute atomic E-state index is 12.4. The number of nitrogens with zero attached hydrogens (tertiary/aromatic N) is 2. The second-order valence-corrected chi connectivity index (χ2v) is 8.31. The van der Waals surface area contributed by atoms with E-state index in [-0.39, 0.29) is 18.4 Å². The van der Waals surface area contributed by atoms with Crippen LogP contribution in [-0.2, 0) is 9.59 Å². The van der Waals surface area contributed by atoms with Gasteiger partial charge in [0.1, 0.15) is 0 Å². The number of benzene rings is 1. The van der Waals surface area contributed by atoms with Crippen molar-refractivity contribution in [1.29, 1.82) is 0 Å². The lowest BCUT2D eigenvalue weighted by Crippen LogP contribution is -2.46. The highest BCUT2D eigenvalue weighted by molar-refractivity contribution is 9.10. The zero-order valence-electron chi connectivity index (χ0n) is 15.5. The van der Waals surface area contributed by atoms with Gasteiger partial charge in [0.2, 0.25) is 11.8 Å². The van der Waals surface area contributed by atoms with Gasteiger partial charge in [-0.2, -0.15) is 0 Å². The van der Waals surface area contributed by atoms with Crippen molar-refractivity contribution in [3.05, 3.63) is 28.2 Å². The summed E-state index contributed by atoms with van der Waals surface area (Å²) in [7, 11) is 1.69. The van der Waals surface area contributed by atoms with Crippen molar-refractivity contribution in [3.8, 4) is 0 Å². The van der Waals surface area contributed by atoms with E-state index in [4.69, 9.17) is 0 Å². The molecule has 2 rings (SSSR count). The Bertz CT molecular complexity index is 625. The molecule has 0 bridgehead atoms. The Morgan fingerprint density at radius 2 is 1.92 bits per heavy atom. The topological polar surface area (TPSA) is 52.7 Å². The van der Waals surface area contributed by atoms with E-state index in [1.54, 1.807) is 7.05 Å². The maximum atomic E-state index is 12.4. The van der Waals surface area contributed by atoms with E-state index < -0.39 is 0 Å². The Labute approximate surface area is 158 Å². The van der Waals surface area contributed by atoms with Crippen LogP contribution in [-0.4, -0.2) is 54.8 Å². The van der Waals surface area contributed by atoms with Gasteiger partial charge in [0.25, 0.3) is 0 Å². The van der Waals surface area contributed by atoms with E-state index in [0.717, 1.165) is 28.8 Å². The Morgan fingerprint density at radius 3 is 2.52 bits per heavy atom. The van der Waals surface area contributed by atoms with Crippen LogP contribution in [0.5, 0.6) is 0 Å². The third kappa shape index (κ3) is 6.12. The first kappa shape index (κ1) is 19.9. The number of hydrogen-bond donors (Lipinski definition) is 1. The predicted molar refractivity (Wildman–Crippen MR) is 105 cm³/mol. The van der Waals surface area contributed by atoms with Crippen LogP contribution in [0, 0.1) is 18.8 Å². The Balaban J connectivity index is 1.84. The van der Waals surface area contributed by atoms with Gasteiger partial charge in [-0.05, 0) is 48.9 Å². The molecule has 0 saturated carbocycles. The summed E-state index contributed by atoms with van der Waals surface area (Å²) in [4.78, 5) is 28.4. The van der Waals surface area contributed by atoms with Crippen LogP contribution in [0.3, 0.4) is 0 Å². The number of aryl methyl sites for hydroxylation is 1. The number of halogens is 1. The van der Waals surface area contributed by atoms with Crippen LogP contribution in [0.1, 0.15) is 25.8 Å². The zero-order valence-corrected chi connectivity index (χ0v) is 17.1. The molecule has 1 fully saturated rings. The normalized spacial score (nSPS) is 21.0. The molecular formula is C19H28BrN3O2. The Kier molecular flexibility index (Phi) is 7.02. The van der Waals surface area contributed by atoms with Crippen molar-refractivity contribution in [1.82, 2.24) is 9.80 Å². The van der Waals surface area contributed by atoms with E-state index in [9.17, 15) is 9.59 Å². The predicted octanol–water partition coefficient (Wildman–Crippen LogP) is 3.13. The highest BCUT2D eigenvalue weighted by Gasteiger charge is 2.24. The van der Waals surface area contributed by atoms with Gasteiger partial charge in [-0.3, -0.25) is 14.5 Å². The van der Waals surface area contributed by atoms with Crippen molar-refractivity contribution in [3.63, 3.8) is 0 Å². The third-order valence-corrected chi connectivity index (χ3v) is 5.07. The van der Waals surface area contributed by atoms with Gasteiger partial charge in [-0.15, -0.1) is 0 Å². The number of likely N-dealkylation sites (tertiary alicyclic amines) is 1. The molecule has 6 heteroatoms. The minimum Gasteiger partial charge on any atom is -0.335 e. The molecule has 25 heavy (non-hydrogen) atoms. The summed E-state index contributed by atoms with van der Waals surface area (Å²) in [6, 6.07) is 5.69.